The summed E-state index contributed by atoms with van der Waals surface area (Å²) in [5.41, 5.74) is 5.92. The summed E-state index contributed by atoms with van der Waals surface area (Å²) in [5.74, 6) is 0.435. The Balaban J connectivity index is 1.61. The van der Waals surface area contributed by atoms with Gasteiger partial charge >= 0.3 is 0 Å². The fraction of sp³-hybridized carbons (Fsp3) is 0.182. The third-order valence-corrected chi connectivity index (χ3v) is 6.00. The number of thiophene rings is 1. The van der Waals surface area contributed by atoms with E-state index in [2.05, 4.69) is 38.9 Å². The summed E-state index contributed by atoms with van der Waals surface area (Å²) in [6.45, 7) is 0. The van der Waals surface area contributed by atoms with Gasteiger partial charge < -0.3 is 5.32 Å². The van der Waals surface area contributed by atoms with E-state index in [-0.39, 0.29) is 5.82 Å². The molecule has 27 heavy (non-hydrogen) atoms. The Kier molecular flexibility index (Phi) is 4.09. The highest BCUT2D eigenvalue weighted by Crippen LogP contribution is 2.38. The molecule has 5 rings (SSSR count). The van der Waals surface area contributed by atoms with Crippen molar-refractivity contribution in [2.75, 3.05) is 5.32 Å². The number of hydrogen-bond acceptors (Lipinski definition) is 4. The average Bonchev–Trinajstić information content (AvgIpc) is 3.13. The van der Waals surface area contributed by atoms with Crippen molar-refractivity contribution in [3.05, 3.63) is 71.1 Å². The van der Waals surface area contributed by atoms with E-state index in [9.17, 15) is 4.39 Å². The van der Waals surface area contributed by atoms with E-state index in [0.29, 0.717) is 11.5 Å². The van der Waals surface area contributed by atoms with E-state index in [1.807, 2.05) is 6.07 Å². The molecule has 0 unspecified atom stereocenters. The molecule has 0 fully saturated rings. The molecular formula is C22H18FN3S. The Hall–Kier alpha value is -2.79. The molecule has 0 atom stereocenters. The fourth-order valence-corrected chi connectivity index (χ4v) is 4.70. The van der Waals surface area contributed by atoms with Gasteiger partial charge in [-0.15, -0.1) is 11.3 Å². The van der Waals surface area contributed by atoms with E-state index < -0.39 is 0 Å². The molecule has 5 heteroatoms. The summed E-state index contributed by atoms with van der Waals surface area (Å²) in [7, 11) is 0. The summed E-state index contributed by atoms with van der Waals surface area (Å²) in [5, 5.41) is 6.39. The number of hydrogen-bond donors (Lipinski definition) is 1. The molecule has 134 valence electrons. The van der Waals surface area contributed by atoms with Gasteiger partial charge in [-0.25, -0.2) is 14.4 Å². The maximum absolute atomic E-state index is 13.6. The van der Waals surface area contributed by atoms with Crippen LogP contribution in [-0.4, -0.2) is 9.97 Å². The van der Waals surface area contributed by atoms with Crippen LogP contribution >= 0.6 is 11.3 Å². The lowest BCUT2D eigenvalue weighted by atomic mass is 9.89. The molecule has 0 saturated heterocycles. The highest BCUT2D eigenvalue weighted by molar-refractivity contribution is 7.17. The standard InChI is InChI=1S/C22H18FN3S/c23-17-6-3-7-18(11-17)26-21-20-19(12-27-22(20)25-13-24-21)16-9-8-14-4-1-2-5-15(14)10-16/h3,6-13H,1-2,4-5H2,(H,24,25,26). The fourth-order valence-electron chi connectivity index (χ4n) is 3.79. The molecule has 0 amide bonds. The molecule has 0 spiro atoms. The van der Waals surface area contributed by atoms with Crippen LogP contribution in [0.5, 0.6) is 0 Å². The van der Waals surface area contributed by atoms with Crippen LogP contribution in [0.15, 0.2) is 54.2 Å². The van der Waals surface area contributed by atoms with Gasteiger partial charge in [0, 0.05) is 16.6 Å². The number of aromatic nitrogens is 2. The topological polar surface area (TPSA) is 37.8 Å². The smallest absolute Gasteiger partial charge is 0.143 e. The van der Waals surface area contributed by atoms with Crippen LogP contribution in [0.1, 0.15) is 24.0 Å². The van der Waals surface area contributed by atoms with Gasteiger partial charge in [0.2, 0.25) is 0 Å². The maximum Gasteiger partial charge on any atom is 0.143 e. The largest absolute Gasteiger partial charge is 0.339 e. The highest BCUT2D eigenvalue weighted by atomic mass is 32.1. The number of anilines is 2. The van der Waals surface area contributed by atoms with Gasteiger partial charge in [-0.2, -0.15) is 0 Å². The maximum atomic E-state index is 13.6. The normalized spacial score (nSPS) is 13.5. The van der Waals surface area contributed by atoms with E-state index in [0.717, 1.165) is 22.2 Å². The van der Waals surface area contributed by atoms with Crippen LogP contribution in [0.25, 0.3) is 21.3 Å². The predicted octanol–water partition coefficient (Wildman–Crippen LogP) is 6.12. The lowest BCUT2D eigenvalue weighted by Crippen LogP contribution is -2.02. The summed E-state index contributed by atoms with van der Waals surface area (Å²) in [6.07, 6.45) is 6.42. The first-order chi connectivity index (χ1) is 13.3. The Bertz CT molecular complexity index is 1140. The van der Waals surface area contributed by atoms with E-state index in [1.165, 1.54) is 48.1 Å². The molecule has 2 aromatic heterocycles. The summed E-state index contributed by atoms with van der Waals surface area (Å²) in [4.78, 5) is 9.80. The first-order valence-corrected chi connectivity index (χ1v) is 10.0. The van der Waals surface area contributed by atoms with Gasteiger partial charge in [0.15, 0.2) is 0 Å². The highest BCUT2D eigenvalue weighted by Gasteiger charge is 2.16. The molecule has 0 aliphatic heterocycles. The monoisotopic (exact) mass is 375 g/mol. The zero-order valence-electron chi connectivity index (χ0n) is 14.7. The molecule has 0 radical (unpaired) electrons. The molecule has 0 saturated carbocycles. The van der Waals surface area contributed by atoms with Crippen molar-refractivity contribution in [2.45, 2.75) is 25.7 Å². The minimum atomic E-state index is -0.273. The van der Waals surface area contributed by atoms with Crippen LogP contribution in [-0.2, 0) is 12.8 Å². The van der Waals surface area contributed by atoms with Crippen molar-refractivity contribution in [1.29, 1.82) is 0 Å². The minimum absolute atomic E-state index is 0.273. The molecule has 1 aliphatic rings. The van der Waals surface area contributed by atoms with Crippen LogP contribution in [0.4, 0.5) is 15.9 Å². The third kappa shape index (κ3) is 3.08. The van der Waals surface area contributed by atoms with Gasteiger partial charge in [-0.3, -0.25) is 0 Å². The zero-order chi connectivity index (χ0) is 18.2. The average molecular weight is 375 g/mol. The van der Waals surface area contributed by atoms with Crippen molar-refractivity contribution in [3.8, 4) is 11.1 Å². The van der Waals surface area contributed by atoms with Gasteiger partial charge in [-0.05, 0) is 60.6 Å². The van der Waals surface area contributed by atoms with Crippen LogP contribution < -0.4 is 5.32 Å². The summed E-state index contributed by atoms with van der Waals surface area (Å²) >= 11 is 1.61. The first-order valence-electron chi connectivity index (χ1n) is 9.15. The molecule has 0 bridgehead atoms. The van der Waals surface area contributed by atoms with E-state index in [1.54, 1.807) is 23.7 Å². The number of rotatable bonds is 3. The van der Waals surface area contributed by atoms with Crippen molar-refractivity contribution >= 4 is 33.1 Å². The van der Waals surface area contributed by atoms with Gasteiger partial charge in [-0.1, -0.05) is 24.3 Å². The summed E-state index contributed by atoms with van der Waals surface area (Å²) in [6, 6.07) is 13.2. The van der Waals surface area contributed by atoms with Crippen molar-refractivity contribution in [1.82, 2.24) is 9.97 Å². The number of nitrogens with zero attached hydrogens (tertiary/aromatic N) is 2. The molecule has 1 N–H and O–H groups in total. The van der Waals surface area contributed by atoms with Crippen molar-refractivity contribution in [3.63, 3.8) is 0 Å². The Morgan fingerprint density at radius 3 is 2.74 bits per heavy atom. The minimum Gasteiger partial charge on any atom is -0.339 e. The first kappa shape index (κ1) is 16.4. The summed E-state index contributed by atoms with van der Waals surface area (Å²) < 4.78 is 13.6. The van der Waals surface area contributed by atoms with Crippen molar-refractivity contribution < 1.29 is 4.39 Å². The quantitative estimate of drug-likeness (QED) is 0.469. The molecule has 2 heterocycles. The van der Waals surface area contributed by atoms with Crippen molar-refractivity contribution in [2.24, 2.45) is 0 Å². The number of nitrogens with one attached hydrogen (secondary N) is 1. The molecular weight excluding hydrogens is 357 g/mol. The SMILES string of the molecule is Fc1cccc(Nc2ncnc3scc(-c4ccc5c(c4)CCCC5)c23)c1. The lowest BCUT2D eigenvalue weighted by molar-refractivity contribution is 0.628. The van der Waals surface area contributed by atoms with Crippen LogP contribution in [0, 0.1) is 5.82 Å². The predicted molar refractivity (Wildman–Crippen MR) is 109 cm³/mol. The Morgan fingerprint density at radius 1 is 0.963 bits per heavy atom. The van der Waals surface area contributed by atoms with Crippen LogP contribution in [0.3, 0.4) is 0 Å². The zero-order valence-corrected chi connectivity index (χ0v) is 15.5. The Labute approximate surface area is 160 Å². The Morgan fingerprint density at radius 2 is 1.85 bits per heavy atom. The number of benzene rings is 2. The van der Waals surface area contributed by atoms with E-state index in [4.69, 9.17) is 0 Å². The molecule has 4 aromatic rings. The van der Waals surface area contributed by atoms with E-state index >= 15 is 0 Å². The number of aryl methyl sites for hydroxylation is 2. The lowest BCUT2D eigenvalue weighted by Gasteiger charge is -2.16. The van der Waals surface area contributed by atoms with Gasteiger partial charge in [0.05, 0.1) is 5.39 Å². The molecule has 1 aliphatic carbocycles. The van der Waals surface area contributed by atoms with Crippen LogP contribution in [0.2, 0.25) is 0 Å². The third-order valence-electron chi connectivity index (χ3n) is 5.12. The number of fused-ring (bicyclic) bond motifs is 2. The van der Waals surface area contributed by atoms with Gasteiger partial charge in [0.1, 0.15) is 22.8 Å². The second-order valence-corrected chi connectivity index (χ2v) is 7.74. The molecule has 2 aromatic carbocycles. The van der Waals surface area contributed by atoms with Gasteiger partial charge in [0.25, 0.3) is 0 Å². The second kappa shape index (κ2) is 6.74. The number of halogens is 1. The second-order valence-electron chi connectivity index (χ2n) is 6.88. The molecule has 3 nitrogen and oxygen atoms in total.